The molecule has 1 N–H and O–H groups in total. The summed E-state index contributed by atoms with van der Waals surface area (Å²) >= 11 is 12.0. The number of rotatable bonds is 6. The molecule has 0 saturated heterocycles. The van der Waals surface area contributed by atoms with Gasteiger partial charge in [-0.15, -0.1) is 0 Å². The highest BCUT2D eigenvalue weighted by Gasteiger charge is 2.13. The van der Waals surface area contributed by atoms with Crippen molar-refractivity contribution in [1.82, 2.24) is 20.1 Å². The first kappa shape index (κ1) is 15.3. The Balaban J connectivity index is 2.07. The number of halogens is 2. The van der Waals surface area contributed by atoms with Gasteiger partial charge in [0.15, 0.2) is 0 Å². The van der Waals surface area contributed by atoms with E-state index in [1.54, 1.807) is 6.33 Å². The molecule has 0 fully saturated rings. The Morgan fingerprint density at radius 2 is 2.05 bits per heavy atom. The van der Waals surface area contributed by atoms with Crippen LogP contribution in [-0.4, -0.2) is 27.9 Å². The third kappa shape index (κ3) is 3.72. The van der Waals surface area contributed by atoms with E-state index in [2.05, 4.69) is 22.3 Å². The highest BCUT2D eigenvalue weighted by atomic mass is 35.5. The van der Waals surface area contributed by atoms with E-state index in [1.165, 1.54) is 0 Å². The highest BCUT2D eigenvalue weighted by Crippen LogP contribution is 2.23. The van der Waals surface area contributed by atoms with Crippen molar-refractivity contribution in [3.63, 3.8) is 0 Å². The zero-order chi connectivity index (χ0) is 14.5. The van der Waals surface area contributed by atoms with Gasteiger partial charge in [0.2, 0.25) is 0 Å². The first-order valence-corrected chi connectivity index (χ1v) is 7.37. The Bertz CT molecular complexity index is 568. The van der Waals surface area contributed by atoms with E-state index in [4.69, 9.17) is 23.2 Å². The third-order valence-corrected chi connectivity index (χ3v) is 4.04. The van der Waals surface area contributed by atoms with Gasteiger partial charge in [-0.2, -0.15) is 5.10 Å². The maximum Gasteiger partial charge on any atom is 0.138 e. The average molecular weight is 313 g/mol. The van der Waals surface area contributed by atoms with Crippen molar-refractivity contribution in [1.29, 1.82) is 0 Å². The van der Waals surface area contributed by atoms with Gasteiger partial charge < -0.3 is 5.32 Å². The lowest BCUT2D eigenvalue weighted by molar-refractivity contribution is 0.513. The van der Waals surface area contributed by atoms with Crippen LogP contribution >= 0.6 is 23.2 Å². The molecule has 0 saturated carbocycles. The first-order valence-electron chi connectivity index (χ1n) is 6.62. The van der Waals surface area contributed by atoms with E-state index in [0.29, 0.717) is 10.0 Å². The van der Waals surface area contributed by atoms with Crippen molar-refractivity contribution >= 4 is 23.2 Å². The molecule has 1 unspecified atom stereocenters. The smallest absolute Gasteiger partial charge is 0.138 e. The molecule has 2 rings (SSSR count). The molecule has 0 bridgehead atoms. The normalized spacial score (nSPS) is 12.6. The lowest BCUT2D eigenvalue weighted by Gasteiger charge is -2.16. The summed E-state index contributed by atoms with van der Waals surface area (Å²) in [5, 5.41) is 8.69. The van der Waals surface area contributed by atoms with Gasteiger partial charge >= 0.3 is 0 Å². The number of aromatic nitrogens is 3. The molecule has 2 aromatic rings. The van der Waals surface area contributed by atoms with E-state index < -0.39 is 0 Å². The number of hydrogen-bond donors (Lipinski definition) is 1. The average Bonchev–Trinajstić information content (AvgIpc) is 2.89. The van der Waals surface area contributed by atoms with Gasteiger partial charge in [-0.25, -0.2) is 4.98 Å². The zero-order valence-electron chi connectivity index (χ0n) is 11.6. The van der Waals surface area contributed by atoms with E-state index in [0.717, 1.165) is 30.8 Å². The molecular weight excluding hydrogens is 295 g/mol. The van der Waals surface area contributed by atoms with Gasteiger partial charge in [-0.05, 0) is 38.1 Å². The Kier molecular flexibility index (Phi) is 5.40. The van der Waals surface area contributed by atoms with Crippen LogP contribution < -0.4 is 5.32 Å². The topological polar surface area (TPSA) is 42.7 Å². The van der Waals surface area contributed by atoms with Crippen LogP contribution in [0.2, 0.25) is 10.0 Å². The summed E-state index contributed by atoms with van der Waals surface area (Å²) in [4.78, 5) is 4.31. The molecule has 6 heteroatoms. The van der Waals surface area contributed by atoms with Gasteiger partial charge in [-0.1, -0.05) is 29.3 Å². The predicted octanol–water partition coefficient (Wildman–Crippen LogP) is 2.98. The molecule has 0 aliphatic heterocycles. The maximum atomic E-state index is 6.05. The van der Waals surface area contributed by atoms with E-state index in [1.807, 2.05) is 29.9 Å². The molecule has 20 heavy (non-hydrogen) atoms. The SMILES string of the molecule is CCn1ncnc1CC(Cc1ccc(Cl)c(Cl)c1)NC. The Labute approximate surface area is 129 Å². The summed E-state index contributed by atoms with van der Waals surface area (Å²) in [6.45, 7) is 2.89. The maximum absolute atomic E-state index is 6.05. The van der Waals surface area contributed by atoms with Gasteiger partial charge in [0.05, 0.1) is 10.0 Å². The Morgan fingerprint density at radius 3 is 2.70 bits per heavy atom. The minimum atomic E-state index is 0.279. The first-order chi connectivity index (χ1) is 9.63. The van der Waals surface area contributed by atoms with Gasteiger partial charge in [0, 0.05) is 19.0 Å². The number of nitrogens with zero attached hydrogens (tertiary/aromatic N) is 3. The molecule has 1 aromatic carbocycles. The monoisotopic (exact) mass is 312 g/mol. The quantitative estimate of drug-likeness (QED) is 0.891. The van der Waals surface area contributed by atoms with Crippen molar-refractivity contribution in [2.45, 2.75) is 32.4 Å². The van der Waals surface area contributed by atoms with Crippen LogP contribution in [0.25, 0.3) is 0 Å². The van der Waals surface area contributed by atoms with Gasteiger partial charge in [0.25, 0.3) is 0 Å². The predicted molar refractivity (Wildman–Crippen MR) is 82.4 cm³/mol. The fraction of sp³-hybridized carbons (Fsp3) is 0.429. The van der Waals surface area contributed by atoms with Crippen molar-refractivity contribution in [2.75, 3.05) is 7.05 Å². The molecule has 0 aliphatic rings. The van der Waals surface area contributed by atoms with Crippen LogP contribution in [0.4, 0.5) is 0 Å². The zero-order valence-corrected chi connectivity index (χ0v) is 13.1. The number of hydrogen-bond acceptors (Lipinski definition) is 3. The van der Waals surface area contributed by atoms with Crippen molar-refractivity contribution < 1.29 is 0 Å². The van der Waals surface area contributed by atoms with E-state index in [-0.39, 0.29) is 6.04 Å². The van der Waals surface area contributed by atoms with Gasteiger partial charge in [-0.3, -0.25) is 4.68 Å². The molecule has 0 spiro atoms. The largest absolute Gasteiger partial charge is 0.316 e. The number of benzene rings is 1. The van der Waals surface area contributed by atoms with E-state index >= 15 is 0 Å². The van der Waals surface area contributed by atoms with Crippen LogP contribution in [0.1, 0.15) is 18.3 Å². The summed E-state index contributed by atoms with van der Waals surface area (Å²) in [5.41, 5.74) is 1.15. The van der Waals surface area contributed by atoms with Crippen LogP contribution in [-0.2, 0) is 19.4 Å². The van der Waals surface area contributed by atoms with Crippen molar-refractivity contribution in [2.24, 2.45) is 0 Å². The minimum absolute atomic E-state index is 0.279. The third-order valence-electron chi connectivity index (χ3n) is 3.30. The lowest BCUT2D eigenvalue weighted by atomic mass is 10.0. The summed E-state index contributed by atoms with van der Waals surface area (Å²) in [6.07, 6.45) is 3.29. The number of likely N-dealkylation sites (N-methyl/N-ethyl adjacent to an activating group) is 1. The van der Waals surface area contributed by atoms with Crippen LogP contribution in [0.15, 0.2) is 24.5 Å². The fourth-order valence-corrected chi connectivity index (χ4v) is 2.48. The van der Waals surface area contributed by atoms with Gasteiger partial charge in [0.1, 0.15) is 12.2 Å². The molecule has 0 amide bonds. The molecule has 108 valence electrons. The fourth-order valence-electron chi connectivity index (χ4n) is 2.16. The summed E-state index contributed by atoms with van der Waals surface area (Å²) in [7, 11) is 1.95. The van der Waals surface area contributed by atoms with Crippen molar-refractivity contribution in [3.05, 3.63) is 46.0 Å². The lowest BCUT2D eigenvalue weighted by Crippen LogP contribution is -2.31. The standard InChI is InChI=1S/C14H18Cl2N4/c1-3-20-14(18-9-19-20)8-11(17-2)6-10-4-5-12(15)13(16)7-10/h4-5,7,9,11,17H,3,6,8H2,1-2H3. The van der Waals surface area contributed by atoms with Crippen molar-refractivity contribution in [3.8, 4) is 0 Å². The molecule has 1 heterocycles. The number of aryl methyl sites for hydroxylation is 1. The molecule has 0 radical (unpaired) electrons. The van der Waals surface area contributed by atoms with E-state index in [9.17, 15) is 0 Å². The Morgan fingerprint density at radius 1 is 1.25 bits per heavy atom. The van der Waals surface area contributed by atoms with Crippen LogP contribution in [0.5, 0.6) is 0 Å². The second-order valence-electron chi connectivity index (χ2n) is 4.63. The molecular formula is C14H18Cl2N4. The molecule has 1 aromatic heterocycles. The Hall–Kier alpha value is -1.10. The molecule has 0 aliphatic carbocycles. The highest BCUT2D eigenvalue weighted by molar-refractivity contribution is 6.42. The molecule has 4 nitrogen and oxygen atoms in total. The second-order valence-corrected chi connectivity index (χ2v) is 5.45. The second kappa shape index (κ2) is 7.07. The summed E-state index contributed by atoms with van der Waals surface area (Å²) in [5.74, 6) is 0.993. The minimum Gasteiger partial charge on any atom is -0.316 e. The van der Waals surface area contributed by atoms with Crippen LogP contribution in [0.3, 0.4) is 0 Å². The van der Waals surface area contributed by atoms with Crippen LogP contribution in [0, 0.1) is 0 Å². The summed E-state index contributed by atoms with van der Waals surface area (Å²) < 4.78 is 1.92. The summed E-state index contributed by atoms with van der Waals surface area (Å²) in [6, 6.07) is 6.03. The number of nitrogens with one attached hydrogen (secondary N) is 1. The molecule has 1 atom stereocenters.